The van der Waals surface area contributed by atoms with E-state index in [4.69, 9.17) is 19.6 Å². The summed E-state index contributed by atoms with van der Waals surface area (Å²) < 4.78 is 16.3. The van der Waals surface area contributed by atoms with Crippen LogP contribution in [0.25, 0.3) is 0 Å². The number of hydrogen-bond acceptors (Lipinski definition) is 6. The van der Waals surface area contributed by atoms with E-state index in [1.54, 1.807) is 0 Å². The molecule has 11 heavy (non-hydrogen) atoms. The molecular formula is C3H8NO4S3-. The van der Waals surface area contributed by atoms with E-state index in [1.807, 2.05) is 0 Å². The van der Waals surface area contributed by atoms with Crippen molar-refractivity contribution in [1.82, 2.24) is 0 Å². The van der Waals surface area contributed by atoms with Crippen LogP contribution in [0.1, 0.15) is 0 Å². The van der Waals surface area contributed by atoms with Crippen LogP contribution in [-0.4, -0.2) is 27.4 Å². The maximum absolute atomic E-state index is 9.76. The Morgan fingerprint density at radius 3 is 2.09 bits per heavy atom. The van der Waals surface area contributed by atoms with Gasteiger partial charge >= 0.3 is 5.97 Å². The second-order valence-electron chi connectivity index (χ2n) is 1.34. The van der Waals surface area contributed by atoms with Crippen LogP contribution in [0.15, 0.2) is 0 Å². The highest BCUT2D eigenvalue weighted by molar-refractivity contribution is 8.18. The maximum atomic E-state index is 9.76. The number of rotatable bonds is 2. The number of carboxylic acid groups (broad SMARTS) is 1. The lowest BCUT2D eigenvalue weighted by molar-refractivity contribution is -0.137. The smallest absolute Gasteiger partial charge is 0.321 e. The topological polar surface area (TPSA) is 101 Å². The van der Waals surface area contributed by atoms with E-state index in [-0.39, 0.29) is 5.75 Å². The molecule has 0 aliphatic carbocycles. The lowest BCUT2D eigenvalue weighted by atomic mass is 10.4. The van der Waals surface area contributed by atoms with Crippen molar-refractivity contribution in [2.75, 3.05) is 5.75 Å². The van der Waals surface area contributed by atoms with E-state index in [0.29, 0.717) is 0 Å². The van der Waals surface area contributed by atoms with Crippen molar-refractivity contribution in [3.63, 3.8) is 0 Å². The van der Waals surface area contributed by atoms with Gasteiger partial charge in [-0.15, -0.1) is 0 Å². The first-order chi connectivity index (χ1) is 4.91. The Kier molecular flexibility index (Phi) is 10.2. The Balaban J connectivity index is 0. The molecule has 5 nitrogen and oxygen atoms in total. The Morgan fingerprint density at radius 2 is 2.09 bits per heavy atom. The first-order valence-electron chi connectivity index (χ1n) is 2.29. The molecule has 4 N–H and O–H groups in total. The lowest BCUT2D eigenvalue weighted by Crippen LogP contribution is -2.31. The highest BCUT2D eigenvalue weighted by Gasteiger charge is 2.06. The minimum absolute atomic E-state index is 0.190. The molecule has 0 saturated carbocycles. The number of thiol groups is 1. The average molecular weight is 218 g/mol. The summed E-state index contributed by atoms with van der Waals surface area (Å²) in [4.78, 5) is 9.76. The molecule has 0 saturated heterocycles. The van der Waals surface area contributed by atoms with E-state index in [0.717, 1.165) is 0 Å². The summed E-state index contributed by atoms with van der Waals surface area (Å²) in [5, 5.41) is 8.01. The molecule has 0 aliphatic heterocycles. The van der Waals surface area contributed by atoms with Crippen LogP contribution in [0.2, 0.25) is 0 Å². The van der Waals surface area contributed by atoms with Crippen molar-refractivity contribution in [1.29, 1.82) is 0 Å². The van der Waals surface area contributed by atoms with Gasteiger partial charge in [0.1, 0.15) is 6.04 Å². The van der Waals surface area contributed by atoms with Gasteiger partial charge in [-0.3, -0.25) is 4.79 Å². The van der Waals surface area contributed by atoms with E-state index >= 15 is 0 Å². The minimum atomic E-state index is -2.03. The fourth-order valence-corrected chi connectivity index (χ4v) is 0.234. The van der Waals surface area contributed by atoms with Crippen molar-refractivity contribution < 1.29 is 18.7 Å². The molecule has 0 fully saturated rings. The SMILES string of the molecule is NC(CS)C(=O)O.O=[S-](O)=S. The molecule has 0 bridgehead atoms. The van der Waals surface area contributed by atoms with Crippen LogP contribution >= 0.6 is 12.6 Å². The van der Waals surface area contributed by atoms with E-state index < -0.39 is 21.7 Å². The summed E-state index contributed by atoms with van der Waals surface area (Å²) in [6, 6.07) is -0.816. The largest absolute Gasteiger partial charge is 0.480 e. The number of nitrogens with two attached hydrogens (primary N) is 1. The number of carboxylic acids is 1. The van der Waals surface area contributed by atoms with Crippen molar-refractivity contribution in [3.8, 4) is 0 Å². The molecule has 8 heteroatoms. The van der Waals surface area contributed by atoms with Gasteiger partial charge in [0.05, 0.1) is 0 Å². The van der Waals surface area contributed by atoms with Gasteiger partial charge < -0.3 is 19.6 Å². The third-order valence-electron chi connectivity index (χ3n) is 0.514. The fraction of sp³-hybridized carbons (Fsp3) is 0.667. The van der Waals surface area contributed by atoms with Crippen molar-refractivity contribution in [2.24, 2.45) is 5.73 Å². The summed E-state index contributed by atoms with van der Waals surface area (Å²) in [5.41, 5.74) is 4.94. The first kappa shape index (κ1) is 13.7. The molecule has 0 radical (unpaired) electrons. The molecule has 0 rings (SSSR count). The molecule has 0 heterocycles. The molecular weight excluding hydrogens is 210 g/mol. The van der Waals surface area contributed by atoms with Crippen molar-refractivity contribution >= 4 is 39.4 Å². The monoisotopic (exact) mass is 218 g/mol. The Morgan fingerprint density at radius 1 is 1.82 bits per heavy atom. The average Bonchev–Trinajstić information content (AvgIpc) is 1.85. The summed E-state index contributed by atoms with van der Waals surface area (Å²) in [5.74, 6) is -0.815. The third kappa shape index (κ3) is 17.8. The highest BCUT2D eigenvalue weighted by atomic mass is 32.8. The zero-order valence-electron chi connectivity index (χ0n) is 5.34. The maximum Gasteiger partial charge on any atom is 0.321 e. The van der Waals surface area contributed by atoms with Gasteiger partial charge in [-0.05, 0) is 0 Å². The molecule has 1 atom stereocenters. The normalized spacial score (nSPS) is 11.6. The second-order valence-corrected chi connectivity index (χ2v) is 3.00. The Hall–Kier alpha value is 0.110. The Bertz CT molecular complexity index is 171. The van der Waals surface area contributed by atoms with Gasteiger partial charge in [-0.2, -0.15) is 12.6 Å². The molecule has 0 aromatic carbocycles. The van der Waals surface area contributed by atoms with Crippen LogP contribution in [0.5, 0.6) is 0 Å². The summed E-state index contributed by atoms with van der Waals surface area (Å²) >= 11 is 7.30. The van der Waals surface area contributed by atoms with E-state index in [9.17, 15) is 4.79 Å². The molecule has 0 amide bonds. The highest BCUT2D eigenvalue weighted by Crippen LogP contribution is 1.80. The number of carbonyl (C=O) groups is 1. The van der Waals surface area contributed by atoms with Gasteiger partial charge in [0.15, 0.2) is 0 Å². The van der Waals surface area contributed by atoms with E-state index in [2.05, 4.69) is 23.8 Å². The quantitative estimate of drug-likeness (QED) is 0.275. The van der Waals surface area contributed by atoms with Gasteiger partial charge in [-0.1, -0.05) is 9.64 Å². The van der Waals surface area contributed by atoms with Gasteiger partial charge in [0, 0.05) is 5.75 Å². The van der Waals surface area contributed by atoms with Gasteiger partial charge in [0.2, 0.25) is 0 Å². The standard InChI is InChI=1S/C3H7NO2S.HO2S2/c4-2(1-7)3(5)6;1-4(2)3/h2,7H,1,4H2,(H,5,6);(H,1,2,3)/q;-1. The molecule has 68 valence electrons. The summed E-state index contributed by atoms with van der Waals surface area (Å²) in [6.45, 7) is 0. The molecule has 0 aromatic heterocycles. The van der Waals surface area contributed by atoms with Crippen molar-refractivity contribution in [3.05, 3.63) is 0 Å². The molecule has 0 spiro atoms. The summed E-state index contributed by atoms with van der Waals surface area (Å²) in [7, 11) is -2.03. The predicted molar refractivity (Wildman–Crippen MR) is 47.5 cm³/mol. The zero-order valence-corrected chi connectivity index (χ0v) is 7.86. The summed E-state index contributed by atoms with van der Waals surface area (Å²) in [6.07, 6.45) is 0. The van der Waals surface area contributed by atoms with Gasteiger partial charge in [-0.25, -0.2) is 11.2 Å². The van der Waals surface area contributed by atoms with E-state index in [1.165, 1.54) is 0 Å². The lowest BCUT2D eigenvalue weighted by Gasteiger charge is -1.96. The Labute approximate surface area is 75.9 Å². The second kappa shape index (κ2) is 8.21. The number of hydrogen-bond donors (Lipinski definition) is 4. The molecule has 1 unspecified atom stereocenters. The van der Waals surface area contributed by atoms with Crippen molar-refractivity contribution in [2.45, 2.75) is 6.04 Å². The van der Waals surface area contributed by atoms with Crippen LogP contribution in [0.4, 0.5) is 0 Å². The number of aliphatic carboxylic acids is 1. The van der Waals surface area contributed by atoms with Crippen LogP contribution in [-0.2, 0) is 29.8 Å². The van der Waals surface area contributed by atoms with Gasteiger partial charge in [0.25, 0.3) is 0 Å². The fourth-order valence-electron chi connectivity index (χ4n) is 0.0781. The van der Waals surface area contributed by atoms with Crippen LogP contribution < -0.4 is 5.73 Å². The van der Waals surface area contributed by atoms with Crippen LogP contribution in [0, 0.1) is 0 Å². The zero-order chi connectivity index (χ0) is 9.44. The molecule has 0 aromatic rings. The predicted octanol–water partition coefficient (Wildman–Crippen LogP) is -0.787. The first-order valence-corrected chi connectivity index (χ1v) is 4.95. The van der Waals surface area contributed by atoms with Crippen LogP contribution in [0.3, 0.4) is 0 Å². The third-order valence-corrected chi connectivity index (χ3v) is 0.907. The molecule has 0 aliphatic rings. The minimum Gasteiger partial charge on any atom is -0.480 e.